The lowest BCUT2D eigenvalue weighted by Crippen LogP contribution is -2.40. The van der Waals surface area contributed by atoms with Gasteiger partial charge in [-0.1, -0.05) is 24.3 Å². The van der Waals surface area contributed by atoms with Crippen molar-refractivity contribution in [3.05, 3.63) is 66.2 Å². The van der Waals surface area contributed by atoms with Crippen LogP contribution in [0.15, 0.2) is 65.6 Å². The fourth-order valence-electron chi connectivity index (χ4n) is 3.80. The number of methoxy groups -OCH3 is 1. The molecule has 0 saturated carbocycles. The summed E-state index contributed by atoms with van der Waals surface area (Å²) >= 11 is 0. The molecule has 5 rings (SSSR count). The number of ether oxygens (including phenoxy) is 4. The summed E-state index contributed by atoms with van der Waals surface area (Å²) in [7, 11) is -2.52. The van der Waals surface area contributed by atoms with Crippen LogP contribution in [0.2, 0.25) is 0 Å². The second-order valence-electron chi connectivity index (χ2n) is 7.62. The van der Waals surface area contributed by atoms with Gasteiger partial charge in [0, 0.05) is 19.2 Å². The number of rotatable bonds is 5. The first kappa shape index (κ1) is 22.2. The lowest BCUT2D eigenvalue weighted by atomic mass is 10.1. The van der Waals surface area contributed by atoms with E-state index in [4.69, 9.17) is 18.9 Å². The fourth-order valence-corrected chi connectivity index (χ4v) is 5.33. The van der Waals surface area contributed by atoms with Crippen molar-refractivity contribution in [2.45, 2.75) is 4.90 Å². The number of hydrogen-bond acceptors (Lipinski definition) is 7. The lowest BCUT2D eigenvalue weighted by molar-refractivity contribution is 0.0729. The third-order valence-electron chi connectivity index (χ3n) is 5.52. The van der Waals surface area contributed by atoms with Crippen molar-refractivity contribution < 1.29 is 32.2 Å². The Morgan fingerprint density at radius 2 is 1.62 bits per heavy atom. The molecule has 10 heteroatoms. The lowest BCUT2D eigenvalue weighted by Gasteiger charge is -2.27. The number of sulfonamides is 1. The van der Waals surface area contributed by atoms with E-state index < -0.39 is 15.9 Å². The monoisotopic (exact) mass is 482 g/mol. The molecule has 1 saturated heterocycles. The third kappa shape index (κ3) is 4.07. The van der Waals surface area contributed by atoms with Crippen LogP contribution in [0.1, 0.15) is 10.4 Å². The van der Waals surface area contributed by atoms with Crippen molar-refractivity contribution in [1.82, 2.24) is 4.31 Å². The molecule has 0 spiro atoms. The normalized spacial score (nSPS) is 15.9. The predicted octanol–water partition coefficient (Wildman–Crippen LogP) is 3.87. The molecular weight excluding hydrogens is 460 g/mol. The number of fused-ring (bicyclic) bond motifs is 2. The highest BCUT2D eigenvalue weighted by molar-refractivity contribution is 7.89. The summed E-state index contributed by atoms with van der Waals surface area (Å²) in [6, 6.07) is 16.6. The molecule has 176 valence electrons. The van der Waals surface area contributed by atoms with Crippen molar-refractivity contribution in [2.75, 3.05) is 38.7 Å². The average molecular weight is 483 g/mol. The van der Waals surface area contributed by atoms with Gasteiger partial charge in [0.15, 0.2) is 23.0 Å². The molecule has 0 unspecified atom stereocenters. The maximum Gasteiger partial charge on any atom is 0.259 e. The topological polar surface area (TPSA) is 103 Å². The number of nitrogens with one attached hydrogen (secondary N) is 1. The Balaban J connectivity index is 1.67. The molecule has 3 aromatic rings. The van der Waals surface area contributed by atoms with E-state index in [-0.39, 0.29) is 48.3 Å². The smallest absolute Gasteiger partial charge is 0.259 e. The van der Waals surface area contributed by atoms with Crippen LogP contribution in [0.5, 0.6) is 28.7 Å². The number of hydrogen-bond donors (Lipinski definition) is 1. The molecule has 3 aromatic carbocycles. The Hall–Kier alpha value is -3.60. The minimum Gasteiger partial charge on any atom is -0.493 e. The number of para-hydroxylation sites is 4. The maximum absolute atomic E-state index is 13.6. The predicted molar refractivity (Wildman–Crippen MR) is 124 cm³/mol. The zero-order valence-corrected chi connectivity index (χ0v) is 19.1. The zero-order valence-electron chi connectivity index (χ0n) is 18.3. The van der Waals surface area contributed by atoms with E-state index in [2.05, 4.69) is 5.32 Å². The Morgan fingerprint density at radius 3 is 2.38 bits per heavy atom. The van der Waals surface area contributed by atoms with Gasteiger partial charge in [-0.25, -0.2) is 8.42 Å². The highest BCUT2D eigenvalue weighted by Gasteiger charge is 2.33. The molecular formula is C24H22N2O7S. The first-order valence-electron chi connectivity index (χ1n) is 10.6. The highest BCUT2D eigenvalue weighted by atomic mass is 32.2. The van der Waals surface area contributed by atoms with Crippen LogP contribution in [0.4, 0.5) is 5.69 Å². The molecule has 1 N–H and O–H groups in total. The van der Waals surface area contributed by atoms with E-state index in [1.165, 1.54) is 23.5 Å². The standard InChI is InChI=1S/C24H22N2O7S/c1-30-19-8-4-5-9-20(19)33-22-15-21-16(24(27)25-17-6-2-3-7-18(17)32-21)14-23(22)34(28,29)26-10-12-31-13-11-26/h2-9,14-15H,10-13H2,1H3,(H,25,27). The molecule has 2 heterocycles. The van der Waals surface area contributed by atoms with Crippen LogP contribution in [-0.4, -0.2) is 52.0 Å². The van der Waals surface area contributed by atoms with Gasteiger partial charge in [0.2, 0.25) is 10.0 Å². The summed E-state index contributed by atoms with van der Waals surface area (Å²) in [5.41, 5.74) is 0.559. The van der Waals surface area contributed by atoms with Gasteiger partial charge in [-0.3, -0.25) is 4.79 Å². The molecule has 2 aliphatic rings. The van der Waals surface area contributed by atoms with Crippen molar-refractivity contribution in [2.24, 2.45) is 0 Å². The molecule has 0 aliphatic carbocycles. The third-order valence-corrected chi connectivity index (χ3v) is 7.44. The van der Waals surface area contributed by atoms with Gasteiger partial charge in [-0.2, -0.15) is 4.31 Å². The number of carbonyl (C=O) groups is 1. The van der Waals surface area contributed by atoms with Crippen molar-refractivity contribution in [1.29, 1.82) is 0 Å². The number of nitrogens with zero attached hydrogens (tertiary/aromatic N) is 1. The zero-order chi connectivity index (χ0) is 23.7. The van der Waals surface area contributed by atoms with Gasteiger partial charge in [0.1, 0.15) is 10.6 Å². The van der Waals surface area contributed by atoms with E-state index in [0.717, 1.165) is 0 Å². The second kappa shape index (κ2) is 8.98. The first-order chi connectivity index (χ1) is 16.5. The Bertz CT molecular complexity index is 1350. The molecule has 0 bridgehead atoms. The molecule has 1 amide bonds. The minimum atomic E-state index is -4.02. The number of morpholine rings is 1. The van der Waals surface area contributed by atoms with Crippen LogP contribution >= 0.6 is 0 Å². The van der Waals surface area contributed by atoms with Crippen molar-refractivity contribution in [3.63, 3.8) is 0 Å². The van der Waals surface area contributed by atoms with Crippen LogP contribution in [0, 0.1) is 0 Å². The van der Waals surface area contributed by atoms with E-state index in [0.29, 0.717) is 22.9 Å². The average Bonchev–Trinajstić information content (AvgIpc) is 2.99. The van der Waals surface area contributed by atoms with E-state index in [1.54, 1.807) is 48.5 Å². The summed E-state index contributed by atoms with van der Waals surface area (Å²) in [6.45, 7) is 0.959. The molecule has 0 atom stereocenters. The highest BCUT2D eigenvalue weighted by Crippen LogP contribution is 2.43. The van der Waals surface area contributed by atoms with E-state index in [1.807, 2.05) is 0 Å². The van der Waals surface area contributed by atoms with Crippen LogP contribution < -0.4 is 19.5 Å². The van der Waals surface area contributed by atoms with Gasteiger partial charge < -0.3 is 24.3 Å². The molecule has 0 radical (unpaired) electrons. The number of benzene rings is 3. The molecule has 0 aromatic heterocycles. The SMILES string of the molecule is COc1ccccc1Oc1cc2c(cc1S(=O)(=O)N1CCOCC1)C(=O)Nc1ccccc1O2. The maximum atomic E-state index is 13.6. The van der Waals surface area contributed by atoms with Crippen molar-refractivity contribution >= 4 is 21.6 Å². The van der Waals surface area contributed by atoms with Gasteiger partial charge in [0.05, 0.1) is 31.6 Å². The number of anilines is 1. The van der Waals surface area contributed by atoms with Crippen LogP contribution in [0.25, 0.3) is 0 Å². The summed E-state index contributed by atoms with van der Waals surface area (Å²) in [5, 5.41) is 2.77. The van der Waals surface area contributed by atoms with Crippen LogP contribution in [-0.2, 0) is 14.8 Å². The summed E-state index contributed by atoms with van der Waals surface area (Å²) in [6.07, 6.45) is 0. The van der Waals surface area contributed by atoms with Gasteiger partial charge in [-0.05, 0) is 30.3 Å². The van der Waals surface area contributed by atoms with Gasteiger partial charge >= 0.3 is 0 Å². The van der Waals surface area contributed by atoms with E-state index >= 15 is 0 Å². The Morgan fingerprint density at radius 1 is 0.912 bits per heavy atom. The summed E-state index contributed by atoms with van der Waals surface area (Å²) in [4.78, 5) is 12.9. The van der Waals surface area contributed by atoms with Gasteiger partial charge in [-0.15, -0.1) is 0 Å². The molecule has 2 aliphatic heterocycles. The quantitative estimate of drug-likeness (QED) is 0.589. The first-order valence-corrected chi connectivity index (χ1v) is 12.1. The Labute approximate surface area is 196 Å². The fraction of sp³-hybridized carbons (Fsp3) is 0.208. The Kier molecular flexibility index (Phi) is 5.86. The molecule has 1 fully saturated rings. The van der Waals surface area contributed by atoms with Crippen molar-refractivity contribution in [3.8, 4) is 28.7 Å². The largest absolute Gasteiger partial charge is 0.493 e. The van der Waals surface area contributed by atoms with Gasteiger partial charge in [0.25, 0.3) is 5.91 Å². The summed E-state index contributed by atoms with van der Waals surface area (Å²) < 4.78 is 51.3. The van der Waals surface area contributed by atoms with E-state index in [9.17, 15) is 13.2 Å². The molecule has 9 nitrogen and oxygen atoms in total. The minimum absolute atomic E-state index is 0.0157. The van der Waals surface area contributed by atoms with Crippen LogP contribution in [0.3, 0.4) is 0 Å². The number of amides is 1. The molecule has 34 heavy (non-hydrogen) atoms. The second-order valence-corrected chi connectivity index (χ2v) is 9.52. The number of carbonyl (C=O) groups excluding carboxylic acids is 1. The summed E-state index contributed by atoms with van der Waals surface area (Å²) in [5.74, 6) is 0.886.